The van der Waals surface area contributed by atoms with Crippen LogP contribution in [0.3, 0.4) is 0 Å². The summed E-state index contributed by atoms with van der Waals surface area (Å²) in [6.45, 7) is 6.35. The van der Waals surface area contributed by atoms with Crippen molar-refractivity contribution in [3.63, 3.8) is 0 Å². The summed E-state index contributed by atoms with van der Waals surface area (Å²) in [6.07, 6.45) is 2.41. The SMILES string of the molecule is CC(C)(C(NN)c1ccccc1F)N1CCCC1. The first kappa shape index (κ1) is 13.5. The van der Waals surface area contributed by atoms with Crippen LogP contribution in [0.1, 0.15) is 38.3 Å². The molecule has 1 fully saturated rings. The standard InChI is InChI=1S/C14H22FN3/c1-14(2,18-9-5-6-10-18)13(17-16)11-7-3-4-8-12(11)15/h3-4,7-8,13,17H,5-6,9-10,16H2,1-2H3. The van der Waals surface area contributed by atoms with Crippen molar-refractivity contribution in [2.75, 3.05) is 13.1 Å². The zero-order chi connectivity index (χ0) is 13.2. The first-order chi connectivity index (χ1) is 8.57. The fourth-order valence-corrected chi connectivity index (χ4v) is 2.86. The molecule has 0 aliphatic carbocycles. The van der Waals surface area contributed by atoms with Gasteiger partial charge in [-0.1, -0.05) is 18.2 Å². The fraction of sp³-hybridized carbons (Fsp3) is 0.571. The number of hydrazine groups is 1. The van der Waals surface area contributed by atoms with Crippen LogP contribution in [-0.2, 0) is 0 Å². The predicted molar refractivity (Wildman–Crippen MR) is 71.4 cm³/mol. The number of halogens is 1. The first-order valence-electron chi connectivity index (χ1n) is 6.53. The van der Waals surface area contributed by atoms with Gasteiger partial charge in [-0.2, -0.15) is 0 Å². The molecule has 1 unspecified atom stereocenters. The largest absolute Gasteiger partial charge is 0.296 e. The summed E-state index contributed by atoms with van der Waals surface area (Å²) in [6, 6.07) is 6.63. The number of rotatable bonds is 4. The lowest BCUT2D eigenvalue weighted by molar-refractivity contribution is 0.105. The van der Waals surface area contributed by atoms with Gasteiger partial charge >= 0.3 is 0 Å². The van der Waals surface area contributed by atoms with E-state index in [1.165, 1.54) is 18.9 Å². The van der Waals surface area contributed by atoms with E-state index in [-0.39, 0.29) is 17.4 Å². The second-order valence-corrected chi connectivity index (χ2v) is 5.47. The molecule has 18 heavy (non-hydrogen) atoms. The molecule has 0 saturated carbocycles. The minimum absolute atomic E-state index is 0.201. The molecule has 1 aromatic rings. The zero-order valence-corrected chi connectivity index (χ0v) is 11.1. The topological polar surface area (TPSA) is 41.3 Å². The van der Waals surface area contributed by atoms with Crippen molar-refractivity contribution < 1.29 is 4.39 Å². The predicted octanol–water partition coefficient (Wildman–Crippen LogP) is 2.20. The second-order valence-electron chi connectivity index (χ2n) is 5.47. The lowest BCUT2D eigenvalue weighted by Crippen LogP contribution is -2.53. The van der Waals surface area contributed by atoms with Gasteiger partial charge in [0.15, 0.2) is 0 Å². The molecule has 3 N–H and O–H groups in total. The molecule has 0 aromatic heterocycles. The second kappa shape index (κ2) is 5.34. The Morgan fingerprint density at radius 3 is 2.44 bits per heavy atom. The highest BCUT2D eigenvalue weighted by Gasteiger charge is 2.38. The summed E-state index contributed by atoms with van der Waals surface area (Å²) in [5, 5.41) is 0. The summed E-state index contributed by atoms with van der Waals surface area (Å²) < 4.78 is 13.9. The third-order valence-corrected chi connectivity index (χ3v) is 4.01. The Bertz CT molecular complexity index is 400. The molecule has 1 atom stereocenters. The number of benzene rings is 1. The molecule has 0 spiro atoms. The van der Waals surface area contributed by atoms with Crippen LogP contribution in [0.2, 0.25) is 0 Å². The molecule has 4 heteroatoms. The zero-order valence-electron chi connectivity index (χ0n) is 11.1. The van der Waals surface area contributed by atoms with E-state index in [0.717, 1.165) is 13.1 Å². The molecule has 1 heterocycles. The molecule has 3 nitrogen and oxygen atoms in total. The Morgan fingerprint density at radius 1 is 1.28 bits per heavy atom. The van der Waals surface area contributed by atoms with Gasteiger partial charge in [-0.25, -0.2) is 4.39 Å². The maximum absolute atomic E-state index is 13.9. The molecule has 2 rings (SSSR count). The van der Waals surface area contributed by atoms with E-state index < -0.39 is 0 Å². The van der Waals surface area contributed by atoms with Gasteiger partial charge in [0.05, 0.1) is 6.04 Å². The summed E-state index contributed by atoms with van der Waals surface area (Å²) in [5.74, 6) is 5.48. The Balaban J connectivity index is 2.30. The number of likely N-dealkylation sites (tertiary alicyclic amines) is 1. The van der Waals surface area contributed by atoms with Crippen LogP contribution >= 0.6 is 0 Å². The lowest BCUT2D eigenvalue weighted by Gasteiger charge is -2.42. The van der Waals surface area contributed by atoms with Crippen LogP contribution in [0, 0.1) is 5.82 Å². The van der Waals surface area contributed by atoms with E-state index in [0.29, 0.717) is 5.56 Å². The average Bonchev–Trinajstić information content (AvgIpc) is 2.86. The van der Waals surface area contributed by atoms with Gasteiger partial charge in [0, 0.05) is 11.1 Å². The molecule has 1 saturated heterocycles. The lowest BCUT2D eigenvalue weighted by atomic mass is 9.87. The van der Waals surface area contributed by atoms with Crippen molar-refractivity contribution in [1.29, 1.82) is 0 Å². The van der Waals surface area contributed by atoms with E-state index in [1.807, 2.05) is 6.07 Å². The number of hydrogen-bond donors (Lipinski definition) is 2. The minimum Gasteiger partial charge on any atom is -0.296 e. The Labute approximate surface area is 108 Å². The van der Waals surface area contributed by atoms with Gasteiger partial charge in [-0.3, -0.25) is 16.2 Å². The van der Waals surface area contributed by atoms with E-state index in [2.05, 4.69) is 24.2 Å². The van der Waals surface area contributed by atoms with E-state index in [9.17, 15) is 4.39 Å². The van der Waals surface area contributed by atoms with Gasteiger partial charge in [0.2, 0.25) is 0 Å². The van der Waals surface area contributed by atoms with Crippen LogP contribution in [0.15, 0.2) is 24.3 Å². The number of nitrogens with two attached hydrogens (primary N) is 1. The van der Waals surface area contributed by atoms with Crippen molar-refractivity contribution in [1.82, 2.24) is 10.3 Å². The fourth-order valence-electron chi connectivity index (χ4n) is 2.86. The van der Waals surface area contributed by atoms with Crippen LogP contribution in [0.25, 0.3) is 0 Å². The summed E-state index contributed by atoms with van der Waals surface area (Å²) >= 11 is 0. The van der Waals surface area contributed by atoms with Gasteiger partial charge in [0.25, 0.3) is 0 Å². The number of hydrogen-bond acceptors (Lipinski definition) is 3. The summed E-state index contributed by atoms with van der Waals surface area (Å²) in [7, 11) is 0. The number of nitrogens with one attached hydrogen (secondary N) is 1. The maximum Gasteiger partial charge on any atom is 0.128 e. The Kier molecular flexibility index (Phi) is 4.00. The van der Waals surface area contributed by atoms with E-state index >= 15 is 0 Å². The molecule has 0 radical (unpaired) electrons. The molecule has 0 amide bonds. The highest BCUT2D eigenvalue weighted by Crippen LogP contribution is 2.33. The monoisotopic (exact) mass is 251 g/mol. The molecule has 0 bridgehead atoms. The van der Waals surface area contributed by atoms with Crippen LogP contribution < -0.4 is 11.3 Å². The van der Waals surface area contributed by atoms with Crippen molar-refractivity contribution in [3.05, 3.63) is 35.6 Å². The third kappa shape index (κ3) is 2.41. The highest BCUT2D eigenvalue weighted by molar-refractivity contribution is 5.24. The van der Waals surface area contributed by atoms with Gasteiger partial charge in [-0.05, 0) is 45.8 Å². The first-order valence-corrected chi connectivity index (χ1v) is 6.53. The summed E-state index contributed by atoms with van der Waals surface area (Å²) in [4.78, 5) is 2.38. The van der Waals surface area contributed by atoms with Gasteiger partial charge < -0.3 is 0 Å². The average molecular weight is 251 g/mol. The van der Waals surface area contributed by atoms with Crippen LogP contribution in [0.4, 0.5) is 4.39 Å². The number of nitrogens with zero attached hydrogens (tertiary/aromatic N) is 1. The molecular weight excluding hydrogens is 229 g/mol. The van der Waals surface area contributed by atoms with Crippen molar-refractivity contribution in [3.8, 4) is 0 Å². The van der Waals surface area contributed by atoms with Crippen LogP contribution in [0.5, 0.6) is 0 Å². The molecular formula is C14H22FN3. The quantitative estimate of drug-likeness (QED) is 0.637. The minimum atomic E-state index is -0.211. The summed E-state index contributed by atoms with van der Waals surface area (Å²) in [5.41, 5.74) is 3.23. The van der Waals surface area contributed by atoms with E-state index in [1.54, 1.807) is 12.1 Å². The normalized spacial score (nSPS) is 19.1. The Hall–Kier alpha value is -0.970. The molecule has 100 valence electrons. The molecule has 1 aliphatic heterocycles. The van der Waals surface area contributed by atoms with Crippen LogP contribution in [-0.4, -0.2) is 23.5 Å². The van der Waals surface area contributed by atoms with E-state index in [4.69, 9.17) is 5.84 Å². The van der Waals surface area contributed by atoms with Crippen molar-refractivity contribution in [2.45, 2.75) is 38.3 Å². The molecule has 1 aliphatic rings. The van der Waals surface area contributed by atoms with Crippen molar-refractivity contribution in [2.24, 2.45) is 5.84 Å². The van der Waals surface area contributed by atoms with Crippen molar-refractivity contribution >= 4 is 0 Å². The molecule has 1 aromatic carbocycles. The van der Waals surface area contributed by atoms with Gasteiger partial charge in [0.1, 0.15) is 5.82 Å². The Morgan fingerprint density at radius 2 is 1.89 bits per heavy atom. The third-order valence-electron chi connectivity index (χ3n) is 4.01. The highest BCUT2D eigenvalue weighted by atomic mass is 19.1. The smallest absolute Gasteiger partial charge is 0.128 e. The van der Waals surface area contributed by atoms with Gasteiger partial charge in [-0.15, -0.1) is 0 Å². The maximum atomic E-state index is 13.9.